The Kier molecular flexibility index (Phi) is 7.62. The van der Waals surface area contributed by atoms with Crippen molar-refractivity contribution >= 4 is 45.6 Å². The van der Waals surface area contributed by atoms with Crippen LogP contribution in [0.2, 0.25) is 0 Å². The van der Waals surface area contributed by atoms with Crippen molar-refractivity contribution in [1.82, 2.24) is 9.58 Å². The second-order valence-electron chi connectivity index (χ2n) is 9.48. The van der Waals surface area contributed by atoms with E-state index in [0.29, 0.717) is 17.9 Å². The summed E-state index contributed by atoms with van der Waals surface area (Å²) >= 11 is 3.19. The van der Waals surface area contributed by atoms with Crippen LogP contribution in [0.4, 0.5) is 0 Å². The third-order valence-corrected chi connectivity index (χ3v) is 9.01. The number of para-hydroxylation sites is 2. The average molecular weight is 568 g/mol. The predicted molar refractivity (Wildman–Crippen MR) is 163 cm³/mol. The zero-order valence-corrected chi connectivity index (χ0v) is 24.0. The number of amides is 1. The van der Waals surface area contributed by atoms with Gasteiger partial charge in [0.25, 0.3) is 5.91 Å². The fraction of sp³-hybridized carbons (Fsp3) is 0.188. The summed E-state index contributed by atoms with van der Waals surface area (Å²) in [4.78, 5) is 16.0. The fourth-order valence-corrected chi connectivity index (χ4v) is 6.86. The van der Waals surface area contributed by atoms with Crippen molar-refractivity contribution in [3.8, 4) is 11.5 Å². The van der Waals surface area contributed by atoms with Crippen molar-refractivity contribution in [3.63, 3.8) is 0 Å². The van der Waals surface area contributed by atoms with Crippen LogP contribution < -0.4 is 9.47 Å². The lowest BCUT2D eigenvalue weighted by Crippen LogP contribution is -2.28. The first-order valence-corrected chi connectivity index (χ1v) is 14.9. The number of nitrogens with zero attached hydrogens (tertiary/aromatic N) is 3. The summed E-state index contributed by atoms with van der Waals surface area (Å²) in [6, 6.07) is 28.3. The van der Waals surface area contributed by atoms with E-state index in [2.05, 4.69) is 53.2 Å². The molecule has 5 aromatic rings. The number of thiophene rings is 1. The lowest BCUT2D eigenvalue weighted by molar-refractivity contribution is -0.130. The van der Waals surface area contributed by atoms with Gasteiger partial charge < -0.3 is 14.0 Å². The van der Waals surface area contributed by atoms with Gasteiger partial charge in [0.2, 0.25) is 0 Å². The molecule has 3 heterocycles. The number of fused-ring (bicyclic) bond motifs is 1. The summed E-state index contributed by atoms with van der Waals surface area (Å²) in [6.07, 6.45) is 2.76. The van der Waals surface area contributed by atoms with Crippen molar-refractivity contribution in [3.05, 3.63) is 113 Å². The van der Waals surface area contributed by atoms with Gasteiger partial charge in [-0.1, -0.05) is 66.7 Å². The van der Waals surface area contributed by atoms with E-state index in [1.54, 1.807) is 42.3 Å². The molecule has 3 aromatic carbocycles. The highest BCUT2D eigenvalue weighted by Crippen LogP contribution is 2.42. The van der Waals surface area contributed by atoms with Gasteiger partial charge in [0, 0.05) is 40.5 Å². The zero-order chi connectivity index (χ0) is 27.5. The molecule has 1 amide bonds. The number of rotatable bonds is 9. The molecule has 40 heavy (non-hydrogen) atoms. The molecule has 0 N–H and O–H groups in total. The number of carbonyl (C=O) groups excluding carboxylic acids is 1. The highest BCUT2D eigenvalue weighted by molar-refractivity contribution is 8.00. The Bertz CT molecular complexity index is 1660. The molecule has 0 saturated heterocycles. The molecule has 8 heteroatoms. The van der Waals surface area contributed by atoms with Gasteiger partial charge in [-0.25, -0.2) is 5.01 Å². The van der Waals surface area contributed by atoms with Crippen LogP contribution in [0.15, 0.2) is 107 Å². The summed E-state index contributed by atoms with van der Waals surface area (Å²) in [7, 11) is 3.25. The van der Waals surface area contributed by atoms with Crippen molar-refractivity contribution in [2.24, 2.45) is 5.10 Å². The van der Waals surface area contributed by atoms with Crippen molar-refractivity contribution in [1.29, 1.82) is 0 Å². The largest absolute Gasteiger partial charge is 0.493 e. The van der Waals surface area contributed by atoms with Crippen LogP contribution in [0.25, 0.3) is 10.9 Å². The second-order valence-corrected chi connectivity index (χ2v) is 11.4. The second kappa shape index (κ2) is 11.6. The summed E-state index contributed by atoms with van der Waals surface area (Å²) in [5.74, 6) is 1.49. The van der Waals surface area contributed by atoms with E-state index in [4.69, 9.17) is 14.6 Å². The molecule has 0 fully saturated rings. The molecule has 6 nitrogen and oxygen atoms in total. The number of aromatic nitrogens is 1. The van der Waals surface area contributed by atoms with Gasteiger partial charge in [-0.15, -0.1) is 23.1 Å². The lowest BCUT2D eigenvalue weighted by Gasteiger charge is -2.24. The summed E-state index contributed by atoms with van der Waals surface area (Å²) < 4.78 is 13.5. The molecule has 0 saturated carbocycles. The van der Waals surface area contributed by atoms with E-state index in [0.717, 1.165) is 38.5 Å². The minimum absolute atomic E-state index is 0.0497. The van der Waals surface area contributed by atoms with Crippen LogP contribution in [-0.4, -0.2) is 41.2 Å². The minimum Gasteiger partial charge on any atom is -0.493 e. The maximum atomic E-state index is 13.8. The average Bonchev–Trinajstić information content (AvgIpc) is 3.76. The molecule has 1 aliphatic heterocycles. The molecule has 0 spiro atoms. The Labute approximate surface area is 241 Å². The maximum Gasteiger partial charge on any atom is 0.253 e. The molecule has 0 radical (unpaired) electrons. The molecule has 0 unspecified atom stereocenters. The highest BCUT2D eigenvalue weighted by Gasteiger charge is 2.36. The summed E-state index contributed by atoms with van der Waals surface area (Å²) in [6.45, 7) is 0.772. The van der Waals surface area contributed by atoms with Gasteiger partial charge in [0.15, 0.2) is 11.5 Å². The smallest absolute Gasteiger partial charge is 0.253 e. The predicted octanol–water partition coefficient (Wildman–Crippen LogP) is 7.24. The molecular formula is C32H29N3O3S2. The minimum atomic E-state index is -0.283. The number of methoxy groups -OCH3 is 2. The number of ether oxygens (including phenoxy) is 2. The van der Waals surface area contributed by atoms with E-state index in [-0.39, 0.29) is 17.7 Å². The molecule has 1 atom stereocenters. The monoisotopic (exact) mass is 567 g/mol. The SMILES string of the molecule is COc1cccc([C@H]2CC(c3cccs3)=NN2C(=O)CSc2cn(Cc3ccccc3)c3ccccc23)c1OC. The molecular weight excluding hydrogens is 539 g/mol. The first-order valence-electron chi connectivity index (χ1n) is 13.0. The number of carbonyl (C=O) groups is 1. The van der Waals surface area contributed by atoms with Crippen molar-refractivity contribution < 1.29 is 14.3 Å². The number of hydrogen-bond acceptors (Lipinski definition) is 6. The Balaban J connectivity index is 1.28. The molecule has 1 aliphatic rings. The van der Waals surface area contributed by atoms with Crippen LogP contribution >= 0.6 is 23.1 Å². The number of thioether (sulfide) groups is 1. The first-order chi connectivity index (χ1) is 19.7. The van der Waals surface area contributed by atoms with Crippen LogP contribution in [0.5, 0.6) is 11.5 Å². The Morgan fingerprint density at radius 2 is 1.80 bits per heavy atom. The Hall–Kier alpha value is -4.01. The van der Waals surface area contributed by atoms with Crippen molar-refractivity contribution in [2.45, 2.75) is 23.9 Å². The van der Waals surface area contributed by atoms with Crippen LogP contribution in [0.3, 0.4) is 0 Å². The molecule has 0 aliphatic carbocycles. The summed E-state index contributed by atoms with van der Waals surface area (Å²) in [5, 5.41) is 9.67. The lowest BCUT2D eigenvalue weighted by atomic mass is 9.99. The standard InChI is InChI=1S/C32H29N3O3S2/c1-37-28-15-8-13-24(32(28)38-2)27-18-25(29-16-9-17-39-29)33-35(27)31(36)21-40-30-20-34(19-22-10-4-3-5-11-22)26-14-7-6-12-23(26)30/h3-17,20,27H,18-19,21H2,1-2H3/t27-/m1/s1. The Morgan fingerprint density at radius 1 is 0.975 bits per heavy atom. The molecule has 0 bridgehead atoms. The maximum absolute atomic E-state index is 13.8. The van der Waals surface area contributed by atoms with E-state index in [9.17, 15) is 4.79 Å². The van der Waals surface area contributed by atoms with Gasteiger partial charge in [-0.3, -0.25) is 4.79 Å². The van der Waals surface area contributed by atoms with E-state index < -0.39 is 0 Å². The van der Waals surface area contributed by atoms with Crippen LogP contribution in [0, 0.1) is 0 Å². The quantitative estimate of drug-likeness (QED) is 0.176. The van der Waals surface area contributed by atoms with Gasteiger partial charge in [0.05, 0.1) is 36.6 Å². The molecule has 6 rings (SSSR count). The van der Waals surface area contributed by atoms with Gasteiger partial charge in [-0.2, -0.15) is 5.10 Å². The third kappa shape index (κ3) is 5.12. The van der Waals surface area contributed by atoms with E-state index in [1.807, 2.05) is 47.8 Å². The number of hydrazone groups is 1. The Morgan fingerprint density at radius 3 is 2.58 bits per heavy atom. The third-order valence-electron chi connectivity index (χ3n) is 7.06. The zero-order valence-electron chi connectivity index (χ0n) is 22.3. The number of hydrogen-bond donors (Lipinski definition) is 0. The van der Waals surface area contributed by atoms with Crippen LogP contribution in [-0.2, 0) is 11.3 Å². The van der Waals surface area contributed by atoms with Crippen LogP contribution in [0.1, 0.15) is 28.5 Å². The highest BCUT2D eigenvalue weighted by atomic mass is 32.2. The van der Waals surface area contributed by atoms with Gasteiger partial charge >= 0.3 is 0 Å². The van der Waals surface area contributed by atoms with E-state index >= 15 is 0 Å². The fourth-order valence-electron chi connectivity index (χ4n) is 5.19. The first kappa shape index (κ1) is 26.2. The van der Waals surface area contributed by atoms with E-state index in [1.165, 1.54) is 5.56 Å². The molecule has 2 aromatic heterocycles. The topological polar surface area (TPSA) is 56.1 Å². The summed E-state index contributed by atoms with van der Waals surface area (Å²) in [5.41, 5.74) is 4.18. The normalized spacial score (nSPS) is 14.9. The molecule has 202 valence electrons. The van der Waals surface area contributed by atoms with Gasteiger partial charge in [0.1, 0.15) is 0 Å². The number of benzene rings is 3. The van der Waals surface area contributed by atoms with Crippen molar-refractivity contribution in [2.75, 3.05) is 20.0 Å². The van der Waals surface area contributed by atoms with Gasteiger partial charge in [-0.05, 0) is 29.1 Å².